The van der Waals surface area contributed by atoms with Crippen molar-refractivity contribution >= 4 is 6.09 Å². The standard InChI is InChI=1S/C11H20N2O2/c1-3-12-6-4-11(5-7-12)8-13(9-11)10(14)15-2/h3-9H2,1-2H3. The fourth-order valence-electron chi connectivity index (χ4n) is 2.68. The summed E-state index contributed by atoms with van der Waals surface area (Å²) < 4.78 is 4.71. The van der Waals surface area contributed by atoms with Crippen molar-refractivity contribution in [2.45, 2.75) is 19.8 Å². The summed E-state index contributed by atoms with van der Waals surface area (Å²) in [5.74, 6) is 0. The molecule has 0 N–H and O–H groups in total. The van der Waals surface area contributed by atoms with E-state index in [4.69, 9.17) is 4.74 Å². The zero-order chi connectivity index (χ0) is 10.9. The Morgan fingerprint density at radius 3 is 2.40 bits per heavy atom. The van der Waals surface area contributed by atoms with Crippen molar-refractivity contribution < 1.29 is 9.53 Å². The van der Waals surface area contributed by atoms with Crippen LogP contribution < -0.4 is 0 Å². The highest BCUT2D eigenvalue weighted by molar-refractivity contribution is 5.68. The molecule has 2 heterocycles. The van der Waals surface area contributed by atoms with Crippen LogP contribution >= 0.6 is 0 Å². The monoisotopic (exact) mass is 212 g/mol. The lowest BCUT2D eigenvalue weighted by Gasteiger charge is -2.53. The number of piperidine rings is 1. The van der Waals surface area contributed by atoms with Crippen LogP contribution in [-0.2, 0) is 4.74 Å². The number of amides is 1. The highest BCUT2D eigenvalue weighted by Gasteiger charge is 2.46. The van der Waals surface area contributed by atoms with Crippen molar-refractivity contribution in [3.8, 4) is 0 Å². The predicted octanol–water partition coefficient (Wildman–Crippen LogP) is 1.17. The Balaban J connectivity index is 1.80. The van der Waals surface area contributed by atoms with E-state index >= 15 is 0 Å². The van der Waals surface area contributed by atoms with Crippen molar-refractivity contribution in [1.29, 1.82) is 0 Å². The van der Waals surface area contributed by atoms with Crippen LogP contribution in [0.5, 0.6) is 0 Å². The number of likely N-dealkylation sites (tertiary alicyclic amines) is 2. The van der Waals surface area contributed by atoms with E-state index in [1.165, 1.54) is 33.0 Å². The van der Waals surface area contributed by atoms with Crippen LogP contribution in [0, 0.1) is 5.41 Å². The van der Waals surface area contributed by atoms with Gasteiger partial charge in [0.2, 0.25) is 0 Å². The van der Waals surface area contributed by atoms with Crippen LogP contribution in [0.15, 0.2) is 0 Å². The average Bonchev–Trinajstić information content (AvgIpc) is 2.25. The molecule has 0 aromatic carbocycles. The highest BCUT2D eigenvalue weighted by Crippen LogP contribution is 2.40. The van der Waals surface area contributed by atoms with Crippen molar-refractivity contribution in [2.75, 3.05) is 39.8 Å². The Kier molecular flexibility index (Phi) is 2.87. The Bertz CT molecular complexity index is 239. The quantitative estimate of drug-likeness (QED) is 0.654. The number of hydrogen-bond acceptors (Lipinski definition) is 3. The molecule has 2 rings (SSSR count). The van der Waals surface area contributed by atoms with Gasteiger partial charge in [-0.2, -0.15) is 0 Å². The molecule has 0 aromatic heterocycles. The SMILES string of the molecule is CCN1CCC2(CC1)CN(C(=O)OC)C2. The van der Waals surface area contributed by atoms with Gasteiger partial charge < -0.3 is 14.5 Å². The summed E-state index contributed by atoms with van der Waals surface area (Å²) in [5.41, 5.74) is 0.417. The number of carbonyl (C=O) groups excluding carboxylic acids is 1. The molecular formula is C11H20N2O2. The summed E-state index contributed by atoms with van der Waals surface area (Å²) in [6.45, 7) is 7.53. The third-order valence-corrected chi connectivity index (χ3v) is 3.85. The molecule has 0 unspecified atom stereocenters. The largest absolute Gasteiger partial charge is 0.453 e. The topological polar surface area (TPSA) is 32.8 Å². The van der Waals surface area contributed by atoms with Crippen LogP contribution in [0.1, 0.15) is 19.8 Å². The van der Waals surface area contributed by atoms with Gasteiger partial charge in [-0.25, -0.2) is 4.79 Å². The zero-order valence-electron chi connectivity index (χ0n) is 9.66. The summed E-state index contributed by atoms with van der Waals surface area (Å²) in [6.07, 6.45) is 2.29. The number of nitrogens with zero attached hydrogens (tertiary/aromatic N) is 2. The molecule has 0 atom stereocenters. The van der Waals surface area contributed by atoms with Crippen molar-refractivity contribution in [2.24, 2.45) is 5.41 Å². The lowest BCUT2D eigenvalue weighted by molar-refractivity contribution is -0.0367. The number of carbonyl (C=O) groups is 1. The van der Waals surface area contributed by atoms with Crippen LogP contribution in [0.2, 0.25) is 0 Å². The van der Waals surface area contributed by atoms with Gasteiger partial charge in [-0.15, -0.1) is 0 Å². The molecule has 1 spiro atoms. The highest BCUT2D eigenvalue weighted by atomic mass is 16.5. The molecule has 86 valence electrons. The minimum atomic E-state index is -0.168. The molecular weight excluding hydrogens is 192 g/mol. The van der Waals surface area contributed by atoms with Gasteiger partial charge in [0, 0.05) is 18.5 Å². The molecule has 4 nitrogen and oxygen atoms in total. The van der Waals surface area contributed by atoms with Gasteiger partial charge in [0.05, 0.1) is 7.11 Å². The minimum Gasteiger partial charge on any atom is -0.453 e. The van der Waals surface area contributed by atoms with Gasteiger partial charge in [0.25, 0.3) is 0 Å². The lowest BCUT2D eigenvalue weighted by atomic mass is 9.72. The van der Waals surface area contributed by atoms with Gasteiger partial charge in [-0.1, -0.05) is 6.92 Å². The van der Waals surface area contributed by atoms with E-state index in [-0.39, 0.29) is 6.09 Å². The molecule has 2 fully saturated rings. The van der Waals surface area contributed by atoms with Crippen molar-refractivity contribution in [3.05, 3.63) is 0 Å². The molecule has 0 bridgehead atoms. The lowest BCUT2D eigenvalue weighted by Crippen LogP contribution is -2.61. The second kappa shape index (κ2) is 4.00. The molecule has 4 heteroatoms. The zero-order valence-corrected chi connectivity index (χ0v) is 9.66. The predicted molar refractivity (Wildman–Crippen MR) is 57.8 cm³/mol. The Hall–Kier alpha value is -0.770. The molecule has 0 saturated carbocycles. The summed E-state index contributed by atoms with van der Waals surface area (Å²) >= 11 is 0. The molecule has 2 aliphatic heterocycles. The Morgan fingerprint density at radius 2 is 1.93 bits per heavy atom. The summed E-state index contributed by atoms with van der Waals surface area (Å²) in [7, 11) is 1.45. The second-order valence-corrected chi connectivity index (χ2v) is 4.76. The van der Waals surface area contributed by atoms with Gasteiger partial charge in [-0.3, -0.25) is 0 Å². The van der Waals surface area contributed by atoms with E-state index in [0.29, 0.717) is 5.41 Å². The van der Waals surface area contributed by atoms with E-state index in [2.05, 4.69) is 11.8 Å². The maximum atomic E-state index is 11.2. The number of rotatable bonds is 1. The van der Waals surface area contributed by atoms with E-state index in [1.807, 2.05) is 4.90 Å². The van der Waals surface area contributed by atoms with Crippen molar-refractivity contribution in [1.82, 2.24) is 9.80 Å². The fraction of sp³-hybridized carbons (Fsp3) is 0.909. The Labute approximate surface area is 91.2 Å². The second-order valence-electron chi connectivity index (χ2n) is 4.76. The van der Waals surface area contributed by atoms with E-state index in [0.717, 1.165) is 19.6 Å². The molecule has 0 aliphatic carbocycles. The molecule has 15 heavy (non-hydrogen) atoms. The number of hydrogen-bond donors (Lipinski definition) is 0. The maximum Gasteiger partial charge on any atom is 0.409 e. The van der Waals surface area contributed by atoms with E-state index in [9.17, 15) is 4.79 Å². The number of methoxy groups -OCH3 is 1. The van der Waals surface area contributed by atoms with Gasteiger partial charge in [0.1, 0.15) is 0 Å². The molecule has 2 saturated heterocycles. The summed E-state index contributed by atoms with van der Waals surface area (Å²) in [5, 5.41) is 0. The average molecular weight is 212 g/mol. The molecule has 1 amide bonds. The third-order valence-electron chi connectivity index (χ3n) is 3.85. The summed E-state index contributed by atoms with van der Waals surface area (Å²) in [6, 6.07) is 0. The maximum absolute atomic E-state index is 11.2. The van der Waals surface area contributed by atoms with Gasteiger partial charge >= 0.3 is 6.09 Å². The normalized spacial score (nSPS) is 25.1. The Morgan fingerprint density at radius 1 is 1.33 bits per heavy atom. The van der Waals surface area contributed by atoms with E-state index < -0.39 is 0 Å². The summed E-state index contributed by atoms with van der Waals surface area (Å²) in [4.78, 5) is 15.5. The van der Waals surface area contributed by atoms with Gasteiger partial charge in [-0.05, 0) is 32.5 Å². The first kappa shape index (κ1) is 10.7. The molecule has 0 radical (unpaired) electrons. The minimum absolute atomic E-state index is 0.168. The van der Waals surface area contributed by atoms with E-state index in [1.54, 1.807) is 0 Å². The van der Waals surface area contributed by atoms with Crippen molar-refractivity contribution in [3.63, 3.8) is 0 Å². The first-order chi connectivity index (χ1) is 7.19. The third kappa shape index (κ3) is 1.95. The first-order valence-electron chi connectivity index (χ1n) is 5.74. The number of ether oxygens (including phenoxy) is 1. The molecule has 0 aromatic rings. The van der Waals surface area contributed by atoms with Crippen LogP contribution in [0.4, 0.5) is 4.79 Å². The van der Waals surface area contributed by atoms with Gasteiger partial charge in [0.15, 0.2) is 0 Å². The van der Waals surface area contributed by atoms with Crippen LogP contribution in [-0.4, -0.2) is 55.7 Å². The van der Waals surface area contributed by atoms with Crippen LogP contribution in [0.25, 0.3) is 0 Å². The fourth-order valence-corrected chi connectivity index (χ4v) is 2.68. The molecule has 2 aliphatic rings. The smallest absolute Gasteiger partial charge is 0.409 e. The van der Waals surface area contributed by atoms with Crippen LogP contribution in [0.3, 0.4) is 0 Å². The first-order valence-corrected chi connectivity index (χ1v) is 5.74.